The lowest BCUT2D eigenvalue weighted by atomic mass is 10.2. The van der Waals surface area contributed by atoms with Crippen LogP contribution in [0.25, 0.3) is 0 Å². The molecular formula is C13H12Br2N2O. The number of anilines is 3. The molecule has 94 valence electrons. The van der Waals surface area contributed by atoms with E-state index in [2.05, 4.69) is 37.2 Å². The minimum absolute atomic E-state index is 0.686. The number of rotatable bonds is 3. The van der Waals surface area contributed by atoms with Crippen molar-refractivity contribution in [1.29, 1.82) is 0 Å². The highest BCUT2D eigenvalue weighted by atomic mass is 79.9. The Balaban J connectivity index is 2.28. The average molecular weight is 372 g/mol. The Kier molecular flexibility index (Phi) is 4.14. The van der Waals surface area contributed by atoms with Crippen molar-refractivity contribution >= 4 is 48.9 Å². The molecule has 0 atom stereocenters. The summed E-state index contributed by atoms with van der Waals surface area (Å²) < 4.78 is 7.12. The van der Waals surface area contributed by atoms with Crippen LogP contribution in [0.15, 0.2) is 45.3 Å². The number of nitrogens with one attached hydrogen (secondary N) is 1. The summed E-state index contributed by atoms with van der Waals surface area (Å²) in [6.45, 7) is 0. The number of nitrogen functional groups attached to an aromatic ring is 1. The summed E-state index contributed by atoms with van der Waals surface area (Å²) in [6, 6.07) is 11.5. The molecule has 0 aromatic heterocycles. The van der Waals surface area contributed by atoms with Crippen molar-refractivity contribution < 1.29 is 4.74 Å². The summed E-state index contributed by atoms with van der Waals surface area (Å²) in [6.07, 6.45) is 0. The Morgan fingerprint density at radius 3 is 2.56 bits per heavy atom. The zero-order valence-corrected chi connectivity index (χ0v) is 12.9. The van der Waals surface area contributed by atoms with Crippen molar-refractivity contribution in [2.75, 3.05) is 18.2 Å². The van der Waals surface area contributed by atoms with Crippen LogP contribution in [0.3, 0.4) is 0 Å². The molecule has 0 amide bonds. The van der Waals surface area contributed by atoms with Gasteiger partial charge in [0.2, 0.25) is 0 Å². The Morgan fingerprint density at radius 1 is 1.11 bits per heavy atom. The first-order valence-corrected chi connectivity index (χ1v) is 6.84. The van der Waals surface area contributed by atoms with E-state index in [9.17, 15) is 0 Å². The second kappa shape index (κ2) is 5.63. The number of benzene rings is 2. The minimum Gasteiger partial charge on any atom is -0.495 e. The lowest BCUT2D eigenvalue weighted by Crippen LogP contribution is -1.96. The van der Waals surface area contributed by atoms with Gasteiger partial charge in [0, 0.05) is 16.2 Å². The van der Waals surface area contributed by atoms with Gasteiger partial charge in [0.25, 0.3) is 0 Å². The molecule has 2 rings (SSSR count). The molecule has 3 nitrogen and oxygen atoms in total. The fraction of sp³-hybridized carbons (Fsp3) is 0.0769. The number of hydrogen-bond acceptors (Lipinski definition) is 3. The standard InChI is InChI=1S/C13H12Br2N2O/c1-18-13-7-9(3-4-10(13)15)17-12-5-2-8(14)6-11(12)16/h2-7,17H,16H2,1H3. The van der Waals surface area contributed by atoms with Crippen molar-refractivity contribution in [2.45, 2.75) is 0 Å². The van der Waals surface area contributed by atoms with Crippen LogP contribution in [0, 0.1) is 0 Å². The average Bonchev–Trinajstić information content (AvgIpc) is 2.35. The second-order valence-corrected chi connectivity index (χ2v) is 5.48. The third-order valence-electron chi connectivity index (χ3n) is 2.44. The van der Waals surface area contributed by atoms with Crippen LogP contribution in [-0.4, -0.2) is 7.11 Å². The van der Waals surface area contributed by atoms with Crippen molar-refractivity contribution in [3.63, 3.8) is 0 Å². The van der Waals surface area contributed by atoms with E-state index in [0.29, 0.717) is 5.69 Å². The lowest BCUT2D eigenvalue weighted by molar-refractivity contribution is 0.412. The molecule has 2 aromatic carbocycles. The predicted octanol–water partition coefficient (Wildman–Crippen LogP) is 4.55. The first-order valence-electron chi connectivity index (χ1n) is 5.26. The van der Waals surface area contributed by atoms with Crippen LogP contribution in [0.5, 0.6) is 5.75 Å². The highest BCUT2D eigenvalue weighted by molar-refractivity contribution is 9.10. The fourth-order valence-corrected chi connectivity index (χ4v) is 2.33. The molecule has 2 aromatic rings. The molecule has 0 spiro atoms. The summed E-state index contributed by atoms with van der Waals surface area (Å²) in [5.74, 6) is 0.774. The Bertz CT molecular complexity index is 573. The van der Waals surface area contributed by atoms with E-state index in [0.717, 1.165) is 26.1 Å². The van der Waals surface area contributed by atoms with Gasteiger partial charge in [-0.15, -0.1) is 0 Å². The SMILES string of the molecule is COc1cc(Nc2ccc(Br)cc2N)ccc1Br. The molecule has 5 heteroatoms. The van der Waals surface area contributed by atoms with Gasteiger partial charge < -0.3 is 15.8 Å². The largest absolute Gasteiger partial charge is 0.495 e. The molecule has 0 saturated heterocycles. The van der Waals surface area contributed by atoms with Gasteiger partial charge in [-0.25, -0.2) is 0 Å². The number of nitrogens with two attached hydrogens (primary N) is 1. The van der Waals surface area contributed by atoms with Gasteiger partial charge in [-0.1, -0.05) is 15.9 Å². The zero-order valence-electron chi connectivity index (χ0n) is 9.71. The number of halogens is 2. The number of ether oxygens (including phenoxy) is 1. The van der Waals surface area contributed by atoms with Crippen molar-refractivity contribution in [3.05, 3.63) is 45.3 Å². The van der Waals surface area contributed by atoms with Crippen LogP contribution in [0.1, 0.15) is 0 Å². The summed E-state index contributed by atoms with van der Waals surface area (Å²) in [7, 11) is 1.64. The molecule has 18 heavy (non-hydrogen) atoms. The van der Waals surface area contributed by atoms with Gasteiger partial charge >= 0.3 is 0 Å². The molecule has 0 heterocycles. The second-order valence-electron chi connectivity index (χ2n) is 3.71. The highest BCUT2D eigenvalue weighted by Gasteiger charge is 2.04. The summed E-state index contributed by atoms with van der Waals surface area (Å²) in [5, 5.41) is 3.25. The van der Waals surface area contributed by atoms with Gasteiger partial charge in [0.1, 0.15) is 5.75 Å². The van der Waals surface area contributed by atoms with Crippen LogP contribution in [0.4, 0.5) is 17.1 Å². The normalized spacial score (nSPS) is 10.2. The van der Waals surface area contributed by atoms with Crippen molar-refractivity contribution in [2.24, 2.45) is 0 Å². The Morgan fingerprint density at radius 2 is 1.89 bits per heavy atom. The molecule has 0 saturated carbocycles. The third-order valence-corrected chi connectivity index (χ3v) is 3.59. The molecular weight excluding hydrogens is 360 g/mol. The van der Waals surface area contributed by atoms with Crippen LogP contribution in [-0.2, 0) is 0 Å². The maximum absolute atomic E-state index is 5.94. The van der Waals surface area contributed by atoms with Gasteiger partial charge in [0.15, 0.2) is 0 Å². The third kappa shape index (κ3) is 2.97. The van der Waals surface area contributed by atoms with E-state index in [1.165, 1.54) is 0 Å². The molecule has 3 N–H and O–H groups in total. The Hall–Kier alpha value is -1.20. The summed E-state index contributed by atoms with van der Waals surface area (Å²) in [5.41, 5.74) is 8.41. The molecule has 0 aliphatic heterocycles. The highest BCUT2D eigenvalue weighted by Crippen LogP contribution is 2.31. The molecule has 0 unspecified atom stereocenters. The zero-order chi connectivity index (χ0) is 13.1. The topological polar surface area (TPSA) is 47.3 Å². The number of hydrogen-bond donors (Lipinski definition) is 2. The quantitative estimate of drug-likeness (QED) is 0.778. The monoisotopic (exact) mass is 370 g/mol. The van der Waals surface area contributed by atoms with E-state index >= 15 is 0 Å². The predicted molar refractivity (Wildman–Crippen MR) is 82.5 cm³/mol. The van der Waals surface area contributed by atoms with Gasteiger partial charge in [-0.3, -0.25) is 0 Å². The first-order chi connectivity index (χ1) is 8.60. The lowest BCUT2D eigenvalue weighted by Gasteiger charge is -2.11. The molecule has 0 bridgehead atoms. The van der Waals surface area contributed by atoms with E-state index in [4.69, 9.17) is 10.5 Å². The Labute approximate surface area is 123 Å². The van der Waals surface area contributed by atoms with E-state index in [1.807, 2.05) is 36.4 Å². The van der Waals surface area contributed by atoms with Gasteiger partial charge in [0.05, 0.1) is 23.0 Å². The maximum atomic E-state index is 5.94. The van der Waals surface area contributed by atoms with Crippen LogP contribution < -0.4 is 15.8 Å². The van der Waals surface area contributed by atoms with Crippen molar-refractivity contribution in [1.82, 2.24) is 0 Å². The van der Waals surface area contributed by atoms with Crippen LogP contribution >= 0.6 is 31.9 Å². The molecule has 0 fully saturated rings. The van der Waals surface area contributed by atoms with Gasteiger partial charge in [-0.2, -0.15) is 0 Å². The van der Waals surface area contributed by atoms with E-state index < -0.39 is 0 Å². The number of methoxy groups -OCH3 is 1. The van der Waals surface area contributed by atoms with E-state index in [-0.39, 0.29) is 0 Å². The first kappa shape index (κ1) is 13.2. The maximum Gasteiger partial charge on any atom is 0.135 e. The molecule has 0 aliphatic carbocycles. The molecule has 0 radical (unpaired) electrons. The fourth-order valence-electron chi connectivity index (χ4n) is 1.54. The van der Waals surface area contributed by atoms with Crippen LogP contribution in [0.2, 0.25) is 0 Å². The summed E-state index contributed by atoms with van der Waals surface area (Å²) in [4.78, 5) is 0. The van der Waals surface area contributed by atoms with Crippen molar-refractivity contribution in [3.8, 4) is 5.75 Å². The summed E-state index contributed by atoms with van der Waals surface area (Å²) >= 11 is 6.80. The minimum atomic E-state index is 0.686. The smallest absolute Gasteiger partial charge is 0.135 e. The molecule has 0 aliphatic rings. The van der Waals surface area contributed by atoms with E-state index in [1.54, 1.807) is 7.11 Å². The van der Waals surface area contributed by atoms with Gasteiger partial charge in [-0.05, 0) is 46.3 Å².